The molecule has 0 saturated heterocycles. The molecule has 1 aliphatic carbocycles. The quantitative estimate of drug-likeness (QED) is 0.228. The van der Waals surface area contributed by atoms with E-state index in [1.54, 1.807) is 18.2 Å². The third-order valence-electron chi connectivity index (χ3n) is 6.49. The van der Waals surface area contributed by atoms with Crippen LogP contribution in [-0.2, 0) is 19.4 Å². The van der Waals surface area contributed by atoms with E-state index in [1.165, 1.54) is 29.5 Å². The average Bonchev–Trinajstić information content (AvgIpc) is 3.73. The Labute approximate surface area is 224 Å². The molecular weight excluding hydrogens is 528 g/mol. The average molecular weight is 550 g/mol. The van der Waals surface area contributed by atoms with Gasteiger partial charge in [-0.25, -0.2) is 13.8 Å². The number of rotatable bonds is 8. The molecule has 0 aliphatic heterocycles. The first-order valence-corrected chi connectivity index (χ1v) is 12.9. The normalized spacial score (nSPS) is 12.7. The summed E-state index contributed by atoms with van der Waals surface area (Å²) in [6.07, 6.45) is 1.77. The van der Waals surface area contributed by atoms with Crippen molar-refractivity contribution < 1.29 is 31.9 Å². The van der Waals surface area contributed by atoms with Gasteiger partial charge in [-0.15, -0.1) is 11.3 Å². The van der Waals surface area contributed by atoms with Gasteiger partial charge in [0.05, 0.1) is 12.0 Å². The number of halogens is 2. The topological polar surface area (TPSA) is 121 Å². The first-order valence-electron chi connectivity index (χ1n) is 12.1. The lowest BCUT2D eigenvalue weighted by molar-refractivity contribution is 0.0992. The van der Waals surface area contributed by atoms with Crippen molar-refractivity contribution in [1.82, 2.24) is 4.98 Å². The number of furan rings is 2. The summed E-state index contributed by atoms with van der Waals surface area (Å²) in [4.78, 5) is 29.5. The number of alkyl halides is 2. The molecule has 39 heavy (non-hydrogen) atoms. The van der Waals surface area contributed by atoms with Gasteiger partial charge < -0.3 is 24.6 Å². The molecule has 4 heterocycles. The highest BCUT2D eigenvalue weighted by molar-refractivity contribution is 7.21. The number of nitrogens with two attached hydrogens (primary N) is 1. The predicted octanol–water partition coefficient (Wildman–Crippen LogP) is 6.51. The summed E-state index contributed by atoms with van der Waals surface area (Å²) in [7, 11) is 0. The Balaban J connectivity index is 1.28. The standard InChI is InChI=1S/C28H21F2N3O5S/c29-25(30)19-12-18(20-5-2-10-36-20)22-23(24(26(31)34)39-28(22)32-19)33-27(35)21-9-8-17(38-21)13-37-16-7-6-14-3-1-4-15(14)11-16/h2,5-12,25H,1,3-4,13H2,(H2,31,34)(H,33,35). The smallest absolute Gasteiger partial charge is 0.291 e. The number of thiophene rings is 1. The minimum absolute atomic E-state index is 0.0333. The number of ether oxygens (including phenoxy) is 1. The van der Waals surface area contributed by atoms with Crippen LogP contribution in [0, 0.1) is 0 Å². The van der Waals surface area contributed by atoms with Crippen LogP contribution in [0.25, 0.3) is 21.5 Å². The number of carbonyl (C=O) groups is 2. The van der Waals surface area contributed by atoms with Crippen LogP contribution in [0.4, 0.5) is 14.5 Å². The van der Waals surface area contributed by atoms with Crippen LogP contribution >= 0.6 is 11.3 Å². The third kappa shape index (κ3) is 4.76. The van der Waals surface area contributed by atoms with Crippen molar-refractivity contribution in [3.63, 3.8) is 0 Å². The molecule has 0 bridgehead atoms. The van der Waals surface area contributed by atoms with E-state index < -0.39 is 23.9 Å². The van der Waals surface area contributed by atoms with Crippen molar-refractivity contribution in [2.45, 2.75) is 32.3 Å². The van der Waals surface area contributed by atoms with Crippen LogP contribution in [-0.4, -0.2) is 16.8 Å². The molecule has 1 aromatic carbocycles. The first-order chi connectivity index (χ1) is 18.9. The summed E-state index contributed by atoms with van der Waals surface area (Å²) in [6, 6.07) is 13.4. The van der Waals surface area contributed by atoms with Gasteiger partial charge >= 0.3 is 0 Å². The maximum absolute atomic E-state index is 13.6. The minimum atomic E-state index is -2.86. The lowest BCUT2D eigenvalue weighted by Crippen LogP contribution is -2.16. The zero-order valence-corrected chi connectivity index (χ0v) is 21.1. The molecule has 2 amide bonds. The molecule has 3 N–H and O–H groups in total. The third-order valence-corrected chi connectivity index (χ3v) is 7.59. The van der Waals surface area contributed by atoms with Crippen LogP contribution in [0.3, 0.4) is 0 Å². The number of hydrogen-bond acceptors (Lipinski definition) is 7. The molecule has 0 radical (unpaired) electrons. The number of benzene rings is 1. The van der Waals surface area contributed by atoms with Crippen LogP contribution in [0.15, 0.2) is 63.6 Å². The molecule has 0 saturated carbocycles. The Morgan fingerprint density at radius 3 is 2.74 bits per heavy atom. The van der Waals surface area contributed by atoms with Crippen LogP contribution in [0.2, 0.25) is 0 Å². The van der Waals surface area contributed by atoms with E-state index >= 15 is 0 Å². The number of amides is 2. The Hall–Kier alpha value is -4.51. The van der Waals surface area contributed by atoms with E-state index in [0.717, 1.165) is 36.3 Å². The number of nitrogens with one attached hydrogen (secondary N) is 1. The number of nitrogens with zero attached hydrogens (tertiary/aromatic N) is 1. The molecule has 0 atom stereocenters. The van der Waals surface area contributed by atoms with Gasteiger partial charge in [-0.05, 0) is 72.9 Å². The highest BCUT2D eigenvalue weighted by Gasteiger charge is 2.26. The Morgan fingerprint density at radius 1 is 1.13 bits per heavy atom. The maximum Gasteiger partial charge on any atom is 0.291 e. The molecule has 11 heteroatoms. The van der Waals surface area contributed by atoms with Gasteiger partial charge in [-0.1, -0.05) is 6.07 Å². The zero-order valence-electron chi connectivity index (χ0n) is 20.3. The van der Waals surface area contributed by atoms with E-state index in [4.69, 9.17) is 19.3 Å². The number of anilines is 1. The first kappa shape index (κ1) is 24.8. The number of aromatic nitrogens is 1. The molecular formula is C28H21F2N3O5S. The number of pyridine rings is 1. The molecule has 198 valence electrons. The van der Waals surface area contributed by atoms with Gasteiger partial charge in [0.25, 0.3) is 18.2 Å². The molecule has 8 nitrogen and oxygen atoms in total. The summed E-state index contributed by atoms with van der Waals surface area (Å²) < 4.78 is 44.1. The summed E-state index contributed by atoms with van der Waals surface area (Å²) >= 11 is 0.805. The van der Waals surface area contributed by atoms with E-state index in [1.807, 2.05) is 12.1 Å². The lowest BCUT2D eigenvalue weighted by Gasteiger charge is -2.09. The van der Waals surface area contributed by atoms with Crippen molar-refractivity contribution >= 4 is 39.1 Å². The summed E-state index contributed by atoms with van der Waals surface area (Å²) in [5.74, 6) is -0.142. The highest BCUT2D eigenvalue weighted by atomic mass is 32.1. The molecule has 5 aromatic rings. The predicted molar refractivity (Wildman–Crippen MR) is 140 cm³/mol. The summed E-state index contributed by atoms with van der Waals surface area (Å²) in [5, 5.41) is 2.92. The molecule has 0 fully saturated rings. The van der Waals surface area contributed by atoms with Crippen LogP contribution in [0.1, 0.15) is 55.7 Å². The second kappa shape index (κ2) is 9.99. The second-order valence-electron chi connectivity index (χ2n) is 9.02. The Kier molecular flexibility index (Phi) is 6.35. The largest absolute Gasteiger partial charge is 0.486 e. The number of carbonyl (C=O) groups excluding carboxylic acids is 2. The SMILES string of the molecule is NC(=O)c1sc2nc(C(F)F)cc(-c3ccco3)c2c1NC(=O)c1ccc(COc2ccc3c(c2)CCC3)o1. The summed E-state index contributed by atoms with van der Waals surface area (Å²) in [5.41, 5.74) is 7.98. The van der Waals surface area contributed by atoms with Crippen molar-refractivity contribution in [1.29, 1.82) is 0 Å². The van der Waals surface area contributed by atoms with Crippen LogP contribution < -0.4 is 15.8 Å². The van der Waals surface area contributed by atoms with Gasteiger partial charge in [0.2, 0.25) is 0 Å². The monoisotopic (exact) mass is 549 g/mol. The Bertz CT molecular complexity index is 1710. The zero-order chi connectivity index (χ0) is 27.1. The van der Waals surface area contributed by atoms with E-state index in [0.29, 0.717) is 5.76 Å². The number of aryl methyl sites for hydroxylation is 2. The number of fused-ring (bicyclic) bond motifs is 2. The van der Waals surface area contributed by atoms with E-state index in [2.05, 4.69) is 16.4 Å². The van der Waals surface area contributed by atoms with Crippen molar-refractivity contribution in [3.8, 4) is 17.1 Å². The summed E-state index contributed by atoms with van der Waals surface area (Å²) in [6.45, 7) is 0.114. The fourth-order valence-corrected chi connectivity index (χ4v) is 5.71. The van der Waals surface area contributed by atoms with Crippen LogP contribution in [0.5, 0.6) is 5.75 Å². The molecule has 4 aromatic heterocycles. The van der Waals surface area contributed by atoms with Crippen molar-refractivity contribution in [2.75, 3.05) is 5.32 Å². The van der Waals surface area contributed by atoms with Crippen molar-refractivity contribution in [3.05, 3.63) is 88.0 Å². The van der Waals surface area contributed by atoms with Gasteiger partial charge in [-0.2, -0.15) is 0 Å². The second-order valence-corrected chi connectivity index (χ2v) is 10.0. The molecule has 0 spiro atoms. The van der Waals surface area contributed by atoms with E-state index in [9.17, 15) is 18.4 Å². The van der Waals surface area contributed by atoms with Gasteiger partial charge in [0, 0.05) is 10.9 Å². The fourth-order valence-electron chi connectivity index (χ4n) is 4.69. The lowest BCUT2D eigenvalue weighted by atomic mass is 10.1. The maximum atomic E-state index is 13.6. The Morgan fingerprint density at radius 2 is 1.97 bits per heavy atom. The highest BCUT2D eigenvalue weighted by Crippen LogP contribution is 2.42. The van der Waals surface area contributed by atoms with Gasteiger partial charge in [0.1, 0.15) is 39.3 Å². The molecule has 1 aliphatic rings. The van der Waals surface area contributed by atoms with E-state index in [-0.39, 0.29) is 44.5 Å². The van der Waals surface area contributed by atoms with Gasteiger partial charge in [0.15, 0.2) is 5.76 Å². The fraction of sp³-hybridized carbons (Fsp3) is 0.179. The number of hydrogen-bond donors (Lipinski definition) is 2. The minimum Gasteiger partial charge on any atom is -0.486 e. The molecule has 0 unspecified atom stereocenters. The molecule has 6 rings (SSSR count). The van der Waals surface area contributed by atoms with Gasteiger partial charge in [-0.3, -0.25) is 9.59 Å². The van der Waals surface area contributed by atoms with Crippen molar-refractivity contribution in [2.24, 2.45) is 5.73 Å². The number of primary amides is 1.